The molecule has 0 spiro atoms. The van der Waals surface area contributed by atoms with E-state index in [0.717, 1.165) is 12.8 Å². The normalized spacial score (nSPS) is 12.8. The molecule has 0 aliphatic heterocycles. The number of unbranched alkanes of at least 4 members (excludes halogenated alkanes) is 4. The van der Waals surface area contributed by atoms with Crippen LogP contribution in [0.4, 0.5) is 0 Å². The van der Waals surface area contributed by atoms with Crippen LogP contribution in [0.5, 0.6) is 0 Å². The van der Waals surface area contributed by atoms with Gasteiger partial charge in [0.1, 0.15) is 0 Å². The number of hydrogen-bond donors (Lipinski definition) is 0. The largest absolute Gasteiger partial charge is 1.00 e. The van der Waals surface area contributed by atoms with Crippen molar-refractivity contribution in [3.8, 4) is 0 Å². The molecule has 0 bridgehead atoms. The molecule has 0 saturated carbocycles. The molecular weight excluding hydrogens is 155 g/mol. The molecule has 0 saturated heterocycles. The van der Waals surface area contributed by atoms with Crippen molar-refractivity contribution < 1.29 is 24.0 Å². The van der Waals surface area contributed by atoms with Crippen molar-refractivity contribution in [3.63, 3.8) is 0 Å². The summed E-state index contributed by atoms with van der Waals surface area (Å²) in [4.78, 5) is 0. The Kier molecular flexibility index (Phi) is 14.9. The van der Waals surface area contributed by atoms with Crippen LogP contribution < -0.4 is 24.0 Å². The van der Waals surface area contributed by atoms with Crippen molar-refractivity contribution in [2.45, 2.75) is 58.5 Å². The van der Waals surface area contributed by atoms with Gasteiger partial charge in [0.25, 0.3) is 0 Å². The Morgan fingerprint density at radius 1 is 1.15 bits per heavy atom. The van der Waals surface area contributed by atoms with Crippen LogP contribution in [0.2, 0.25) is 0 Å². The van der Waals surface area contributed by atoms with Crippen LogP contribution >= 0.6 is 0 Å². The number of rotatable bonds is 7. The van der Waals surface area contributed by atoms with Gasteiger partial charge in [-0.15, -0.1) is 12.2 Å². The molecule has 0 aliphatic rings. The second kappa shape index (κ2) is 12.3. The SMILES string of the molecule is C/C=C/C([O-])CCCCCCC.[Li+]. The molecular formula is C11H21LiO. The smallest absolute Gasteiger partial charge is 0.849 e. The van der Waals surface area contributed by atoms with E-state index in [2.05, 4.69) is 6.92 Å². The molecule has 2 heteroatoms. The van der Waals surface area contributed by atoms with Crippen LogP contribution in [0.15, 0.2) is 12.2 Å². The first kappa shape index (κ1) is 15.8. The van der Waals surface area contributed by atoms with E-state index in [1.165, 1.54) is 25.7 Å². The average molecular weight is 176 g/mol. The van der Waals surface area contributed by atoms with Gasteiger partial charge >= 0.3 is 18.9 Å². The molecule has 0 heterocycles. The van der Waals surface area contributed by atoms with Crippen molar-refractivity contribution in [1.29, 1.82) is 0 Å². The fourth-order valence-electron chi connectivity index (χ4n) is 1.26. The van der Waals surface area contributed by atoms with Gasteiger partial charge in [-0.2, -0.15) is 0 Å². The average Bonchev–Trinajstić information content (AvgIpc) is 2.05. The maximum atomic E-state index is 11.1. The van der Waals surface area contributed by atoms with Crippen LogP contribution in [0.3, 0.4) is 0 Å². The minimum atomic E-state index is -0.461. The minimum absolute atomic E-state index is 0. The van der Waals surface area contributed by atoms with E-state index >= 15 is 0 Å². The molecule has 0 N–H and O–H groups in total. The Bertz CT molecular complexity index is 113. The zero-order valence-electron chi connectivity index (χ0n) is 9.38. The van der Waals surface area contributed by atoms with E-state index in [1.807, 2.05) is 13.0 Å². The van der Waals surface area contributed by atoms with Gasteiger partial charge in [-0.3, -0.25) is 0 Å². The molecule has 0 aromatic rings. The topological polar surface area (TPSA) is 23.1 Å². The first-order valence-corrected chi connectivity index (χ1v) is 5.10. The van der Waals surface area contributed by atoms with Gasteiger partial charge < -0.3 is 5.11 Å². The predicted molar refractivity (Wildman–Crippen MR) is 52.0 cm³/mol. The molecule has 0 radical (unpaired) electrons. The zero-order valence-corrected chi connectivity index (χ0v) is 9.38. The van der Waals surface area contributed by atoms with E-state index < -0.39 is 6.10 Å². The Hall–Kier alpha value is 0.297. The Labute approximate surface area is 94.8 Å². The first-order valence-electron chi connectivity index (χ1n) is 5.10. The third-order valence-corrected chi connectivity index (χ3v) is 2.00. The molecule has 13 heavy (non-hydrogen) atoms. The number of hydrogen-bond acceptors (Lipinski definition) is 1. The van der Waals surface area contributed by atoms with Gasteiger partial charge in [0.2, 0.25) is 0 Å². The summed E-state index contributed by atoms with van der Waals surface area (Å²) >= 11 is 0. The molecule has 1 unspecified atom stereocenters. The van der Waals surface area contributed by atoms with E-state index in [4.69, 9.17) is 0 Å². The molecule has 0 aromatic carbocycles. The Balaban J connectivity index is 0. The van der Waals surface area contributed by atoms with Gasteiger partial charge in [-0.25, -0.2) is 0 Å². The third-order valence-electron chi connectivity index (χ3n) is 2.00. The Morgan fingerprint density at radius 2 is 1.77 bits per heavy atom. The summed E-state index contributed by atoms with van der Waals surface area (Å²) < 4.78 is 0. The predicted octanol–water partition coefficient (Wildman–Crippen LogP) is -0.344. The van der Waals surface area contributed by atoms with Crippen LogP contribution in [0.1, 0.15) is 52.4 Å². The zero-order chi connectivity index (χ0) is 9.23. The molecule has 0 fully saturated rings. The monoisotopic (exact) mass is 176 g/mol. The third kappa shape index (κ3) is 12.3. The maximum Gasteiger partial charge on any atom is 1.00 e. The minimum Gasteiger partial charge on any atom is -0.849 e. The summed E-state index contributed by atoms with van der Waals surface area (Å²) in [6, 6.07) is 0. The van der Waals surface area contributed by atoms with E-state index in [-0.39, 0.29) is 18.9 Å². The van der Waals surface area contributed by atoms with Crippen molar-refractivity contribution in [2.75, 3.05) is 0 Å². The van der Waals surface area contributed by atoms with E-state index in [0.29, 0.717) is 0 Å². The molecule has 0 aromatic heterocycles. The maximum absolute atomic E-state index is 11.1. The standard InChI is InChI=1S/C11H21O.Li/c1-3-5-6-7-8-10-11(12)9-4-2;/h4,9,11H,3,5-8,10H2,1-2H3;/q-1;+1/b9-4+;. The summed E-state index contributed by atoms with van der Waals surface area (Å²) in [5, 5.41) is 11.1. The Morgan fingerprint density at radius 3 is 2.31 bits per heavy atom. The summed E-state index contributed by atoms with van der Waals surface area (Å²) in [6.45, 7) is 4.11. The van der Waals surface area contributed by atoms with Crippen LogP contribution in [0, 0.1) is 0 Å². The van der Waals surface area contributed by atoms with Gasteiger partial charge in [-0.05, 0) is 6.92 Å². The fraction of sp³-hybridized carbons (Fsp3) is 0.818. The first-order chi connectivity index (χ1) is 5.81. The quantitative estimate of drug-likeness (QED) is 0.295. The molecule has 0 aliphatic carbocycles. The van der Waals surface area contributed by atoms with Crippen LogP contribution in [0.25, 0.3) is 0 Å². The van der Waals surface area contributed by atoms with Gasteiger partial charge in [0.15, 0.2) is 0 Å². The van der Waals surface area contributed by atoms with Crippen LogP contribution in [-0.2, 0) is 0 Å². The summed E-state index contributed by atoms with van der Waals surface area (Å²) in [5.74, 6) is 0. The second-order valence-electron chi connectivity index (χ2n) is 3.27. The molecule has 72 valence electrons. The van der Waals surface area contributed by atoms with Crippen molar-refractivity contribution in [1.82, 2.24) is 0 Å². The molecule has 0 rings (SSSR count). The van der Waals surface area contributed by atoms with Crippen LogP contribution in [-0.4, -0.2) is 6.10 Å². The van der Waals surface area contributed by atoms with Gasteiger partial charge in [0, 0.05) is 0 Å². The second-order valence-corrected chi connectivity index (χ2v) is 3.27. The van der Waals surface area contributed by atoms with E-state index in [1.54, 1.807) is 6.08 Å². The number of allylic oxidation sites excluding steroid dienone is 1. The summed E-state index contributed by atoms with van der Waals surface area (Å²) in [5.41, 5.74) is 0. The molecule has 1 nitrogen and oxygen atoms in total. The van der Waals surface area contributed by atoms with Crippen molar-refractivity contribution in [2.24, 2.45) is 0 Å². The van der Waals surface area contributed by atoms with Crippen molar-refractivity contribution >= 4 is 0 Å². The molecule has 0 amide bonds. The fourth-order valence-corrected chi connectivity index (χ4v) is 1.26. The van der Waals surface area contributed by atoms with Gasteiger partial charge in [0.05, 0.1) is 0 Å². The van der Waals surface area contributed by atoms with E-state index in [9.17, 15) is 5.11 Å². The molecule has 1 atom stereocenters. The van der Waals surface area contributed by atoms with Gasteiger partial charge in [-0.1, -0.05) is 51.5 Å². The van der Waals surface area contributed by atoms with Crippen molar-refractivity contribution in [3.05, 3.63) is 12.2 Å². The summed E-state index contributed by atoms with van der Waals surface area (Å²) in [7, 11) is 0. The summed E-state index contributed by atoms with van der Waals surface area (Å²) in [6.07, 6.45) is 10.2.